The Bertz CT molecular complexity index is 387. The summed E-state index contributed by atoms with van der Waals surface area (Å²) in [5.74, 6) is 0.0369. The molecule has 1 aliphatic heterocycles. The third-order valence-corrected chi connectivity index (χ3v) is 2.75. The van der Waals surface area contributed by atoms with E-state index >= 15 is 0 Å². The van der Waals surface area contributed by atoms with Gasteiger partial charge in [0.15, 0.2) is 0 Å². The fourth-order valence-corrected chi connectivity index (χ4v) is 1.86. The Kier molecular flexibility index (Phi) is 4.66. The van der Waals surface area contributed by atoms with Gasteiger partial charge in [-0.1, -0.05) is 5.21 Å². The number of nitrogens with one attached hydrogen (secondary N) is 2. The zero-order valence-corrected chi connectivity index (χ0v) is 10.6. The lowest BCUT2D eigenvalue weighted by atomic mass is 10.2. The zero-order valence-electron chi connectivity index (χ0n) is 10.6. The first-order valence-corrected chi connectivity index (χ1v) is 6.18. The number of morpholine rings is 1. The van der Waals surface area contributed by atoms with Crippen molar-refractivity contribution in [1.29, 1.82) is 0 Å². The Hall–Kier alpha value is -1.47. The van der Waals surface area contributed by atoms with Crippen molar-refractivity contribution in [3.05, 3.63) is 11.9 Å². The van der Waals surface area contributed by atoms with Gasteiger partial charge in [-0.15, -0.1) is 5.10 Å². The number of nitrogens with zero attached hydrogens (tertiary/aromatic N) is 3. The van der Waals surface area contributed by atoms with Crippen LogP contribution in [-0.4, -0.2) is 53.2 Å². The van der Waals surface area contributed by atoms with Gasteiger partial charge in [0.2, 0.25) is 5.91 Å². The highest BCUT2D eigenvalue weighted by atomic mass is 16.5. The van der Waals surface area contributed by atoms with E-state index in [1.54, 1.807) is 4.68 Å². The van der Waals surface area contributed by atoms with E-state index in [0.29, 0.717) is 26.1 Å². The molecule has 1 aromatic heterocycles. The van der Waals surface area contributed by atoms with Crippen LogP contribution < -0.4 is 10.6 Å². The summed E-state index contributed by atoms with van der Waals surface area (Å²) in [5.41, 5.74) is 0.880. The number of amides is 1. The summed E-state index contributed by atoms with van der Waals surface area (Å²) in [5, 5.41) is 13.9. The average Bonchev–Trinajstić information content (AvgIpc) is 2.76. The minimum absolute atomic E-state index is 0.0369. The molecule has 1 amide bonds. The third-order valence-electron chi connectivity index (χ3n) is 2.75. The van der Waals surface area contributed by atoms with Crippen molar-refractivity contribution in [3.8, 4) is 0 Å². The number of aromatic nitrogens is 3. The van der Waals surface area contributed by atoms with Crippen LogP contribution in [0.15, 0.2) is 6.20 Å². The van der Waals surface area contributed by atoms with Gasteiger partial charge in [-0.2, -0.15) is 0 Å². The third kappa shape index (κ3) is 4.08. The minimum atomic E-state index is 0.0369. The van der Waals surface area contributed by atoms with Crippen LogP contribution in [0.2, 0.25) is 0 Å². The summed E-state index contributed by atoms with van der Waals surface area (Å²) in [6, 6.07) is 0.132. The second-order valence-corrected chi connectivity index (χ2v) is 4.40. The van der Waals surface area contributed by atoms with Crippen LogP contribution in [0.4, 0.5) is 0 Å². The molecule has 2 rings (SSSR count). The van der Waals surface area contributed by atoms with Gasteiger partial charge in [-0.3, -0.25) is 9.48 Å². The van der Waals surface area contributed by atoms with Crippen LogP contribution in [-0.2, 0) is 16.1 Å². The van der Waals surface area contributed by atoms with Gasteiger partial charge in [0.05, 0.1) is 25.5 Å². The standard InChI is InChI=1S/C11H19N5O2/c1-9-7-16(15-14-9)4-2-13-11(17)6-10-8-18-5-3-12-10/h7,10,12H,2-6,8H2,1H3,(H,13,17). The molecule has 1 atom stereocenters. The van der Waals surface area contributed by atoms with Gasteiger partial charge < -0.3 is 15.4 Å². The van der Waals surface area contributed by atoms with Gasteiger partial charge in [-0.05, 0) is 6.92 Å². The number of carbonyl (C=O) groups excluding carboxylic acids is 1. The largest absolute Gasteiger partial charge is 0.378 e. The molecule has 18 heavy (non-hydrogen) atoms. The van der Waals surface area contributed by atoms with E-state index in [2.05, 4.69) is 20.9 Å². The van der Waals surface area contributed by atoms with Gasteiger partial charge in [0.1, 0.15) is 0 Å². The molecule has 7 heteroatoms. The summed E-state index contributed by atoms with van der Waals surface area (Å²) >= 11 is 0. The topological polar surface area (TPSA) is 81.1 Å². The van der Waals surface area contributed by atoms with Crippen LogP contribution in [0.25, 0.3) is 0 Å². The first kappa shape index (κ1) is 13.0. The Morgan fingerprint density at radius 1 is 1.72 bits per heavy atom. The van der Waals surface area contributed by atoms with E-state index in [9.17, 15) is 4.79 Å². The Morgan fingerprint density at radius 3 is 3.28 bits per heavy atom. The molecule has 7 nitrogen and oxygen atoms in total. The molecule has 1 saturated heterocycles. The Morgan fingerprint density at radius 2 is 2.61 bits per heavy atom. The lowest BCUT2D eigenvalue weighted by Crippen LogP contribution is -2.44. The van der Waals surface area contributed by atoms with Crippen LogP contribution in [0.3, 0.4) is 0 Å². The molecule has 1 aliphatic rings. The Balaban J connectivity index is 1.62. The normalized spacial score (nSPS) is 19.7. The summed E-state index contributed by atoms with van der Waals surface area (Å²) in [6.45, 7) is 5.24. The minimum Gasteiger partial charge on any atom is -0.378 e. The average molecular weight is 253 g/mol. The van der Waals surface area contributed by atoms with E-state index < -0.39 is 0 Å². The van der Waals surface area contributed by atoms with Crippen LogP contribution in [0.1, 0.15) is 12.1 Å². The van der Waals surface area contributed by atoms with Crippen molar-refractivity contribution in [2.75, 3.05) is 26.3 Å². The van der Waals surface area contributed by atoms with Crippen molar-refractivity contribution in [2.24, 2.45) is 0 Å². The molecule has 1 aromatic rings. The highest BCUT2D eigenvalue weighted by Gasteiger charge is 2.16. The number of hydrogen-bond donors (Lipinski definition) is 2. The molecular formula is C11H19N5O2. The molecule has 2 heterocycles. The molecule has 1 fully saturated rings. The summed E-state index contributed by atoms with van der Waals surface area (Å²) in [4.78, 5) is 11.7. The summed E-state index contributed by atoms with van der Waals surface area (Å²) < 4.78 is 7.01. The van der Waals surface area contributed by atoms with Gasteiger partial charge >= 0.3 is 0 Å². The van der Waals surface area contributed by atoms with Crippen molar-refractivity contribution in [1.82, 2.24) is 25.6 Å². The lowest BCUT2D eigenvalue weighted by molar-refractivity contribution is -0.122. The quantitative estimate of drug-likeness (QED) is 0.709. The van der Waals surface area contributed by atoms with E-state index in [4.69, 9.17) is 4.74 Å². The SMILES string of the molecule is Cc1cn(CCNC(=O)CC2COCCN2)nn1. The molecule has 1 unspecified atom stereocenters. The molecule has 0 aliphatic carbocycles. The van der Waals surface area contributed by atoms with Crippen LogP contribution >= 0.6 is 0 Å². The lowest BCUT2D eigenvalue weighted by Gasteiger charge is -2.23. The predicted octanol–water partition coefficient (Wildman–Crippen LogP) is -0.919. The van der Waals surface area contributed by atoms with Crippen molar-refractivity contribution >= 4 is 5.91 Å². The van der Waals surface area contributed by atoms with Crippen LogP contribution in [0, 0.1) is 6.92 Å². The van der Waals surface area contributed by atoms with Crippen LogP contribution in [0.5, 0.6) is 0 Å². The maximum absolute atomic E-state index is 11.7. The van der Waals surface area contributed by atoms with E-state index in [1.807, 2.05) is 13.1 Å². The molecule has 0 radical (unpaired) electrons. The number of ether oxygens (including phenoxy) is 1. The molecule has 0 spiro atoms. The van der Waals surface area contributed by atoms with Crippen molar-refractivity contribution < 1.29 is 9.53 Å². The Labute approximate surface area is 106 Å². The number of hydrogen-bond acceptors (Lipinski definition) is 5. The smallest absolute Gasteiger partial charge is 0.221 e. The monoisotopic (exact) mass is 253 g/mol. The first-order chi connectivity index (χ1) is 8.74. The number of aryl methyl sites for hydroxylation is 1. The molecule has 0 bridgehead atoms. The van der Waals surface area contributed by atoms with Gasteiger partial charge in [0, 0.05) is 31.7 Å². The maximum atomic E-state index is 11.7. The van der Waals surface area contributed by atoms with E-state index in [0.717, 1.165) is 18.8 Å². The van der Waals surface area contributed by atoms with Gasteiger partial charge in [-0.25, -0.2) is 0 Å². The number of carbonyl (C=O) groups is 1. The molecule has 0 saturated carbocycles. The zero-order chi connectivity index (χ0) is 12.8. The van der Waals surface area contributed by atoms with Crippen molar-refractivity contribution in [3.63, 3.8) is 0 Å². The maximum Gasteiger partial charge on any atom is 0.221 e. The summed E-state index contributed by atoms with van der Waals surface area (Å²) in [6.07, 6.45) is 2.30. The molecular weight excluding hydrogens is 234 g/mol. The predicted molar refractivity (Wildman–Crippen MR) is 65.0 cm³/mol. The van der Waals surface area contributed by atoms with E-state index in [1.165, 1.54) is 0 Å². The highest BCUT2D eigenvalue weighted by molar-refractivity contribution is 5.76. The summed E-state index contributed by atoms with van der Waals surface area (Å²) in [7, 11) is 0. The molecule has 2 N–H and O–H groups in total. The van der Waals surface area contributed by atoms with Crippen molar-refractivity contribution in [2.45, 2.75) is 25.9 Å². The molecule has 0 aromatic carbocycles. The first-order valence-electron chi connectivity index (χ1n) is 6.18. The highest BCUT2D eigenvalue weighted by Crippen LogP contribution is 1.98. The fourth-order valence-electron chi connectivity index (χ4n) is 1.86. The second kappa shape index (κ2) is 6.46. The molecule has 100 valence electrons. The van der Waals surface area contributed by atoms with E-state index in [-0.39, 0.29) is 11.9 Å². The second-order valence-electron chi connectivity index (χ2n) is 4.40. The van der Waals surface area contributed by atoms with Gasteiger partial charge in [0.25, 0.3) is 0 Å². The number of rotatable bonds is 5. The fraction of sp³-hybridized carbons (Fsp3) is 0.727.